The van der Waals surface area contributed by atoms with Crippen LogP contribution >= 0.6 is 0 Å². The van der Waals surface area contributed by atoms with E-state index >= 15 is 0 Å². The number of ether oxygens (including phenoxy) is 1. The number of hydrogen-bond donors (Lipinski definition) is 3. The van der Waals surface area contributed by atoms with Gasteiger partial charge in [-0.1, -0.05) is 0 Å². The molecule has 1 fully saturated rings. The monoisotopic (exact) mass is 182 g/mol. The van der Waals surface area contributed by atoms with Crippen LogP contribution < -0.4 is 0 Å². The van der Waals surface area contributed by atoms with Gasteiger partial charge in [-0.2, -0.15) is 4.94 Å². The van der Waals surface area contributed by atoms with Crippen LogP contribution in [0.2, 0.25) is 0 Å². The van der Waals surface area contributed by atoms with Crippen LogP contribution in [0.4, 0.5) is 4.53 Å². The van der Waals surface area contributed by atoms with E-state index in [4.69, 9.17) is 14.9 Å². The van der Waals surface area contributed by atoms with E-state index in [1.165, 1.54) is 0 Å². The molecule has 1 aliphatic rings. The SMILES string of the molecule is OCC1CC(O)C(O)(COF)O1. The van der Waals surface area contributed by atoms with Gasteiger partial charge in [-0.3, -0.25) is 0 Å². The van der Waals surface area contributed by atoms with Crippen LogP contribution in [-0.2, 0) is 9.68 Å². The van der Waals surface area contributed by atoms with Crippen LogP contribution in [-0.4, -0.2) is 46.5 Å². The van der Waals surface area contributed by atoms with Gasteiger partial charge in [0.25, 0.3) is 0 Å². The molecule has 1 saturated heterocycles. The third-order valence-electron chi connectivity index (χ3n) is 1.84. The molecule has 3 atom stereocenters. The third-order valence-corrected chi connectivity index (χ3v) is 1.84. The fourth-order valence-electron chi connectivity index (χ4n) is 1.17. The Morgan fingerprint density at radius 2 is 2.33 bits per heavy atom. The molecule has 0 aliphatic carbocycles. The van der Waals surface area contributed by atoms with Crippen LogP contribution in [0.3, 0.4) is 0 Å². The summed E-state index contributed by atoms with van der Waals surface area (Å²) in [6.45, 7) is -1.09. The summed E-state index contributed by atoms with van der Waals surface area (Å²) in [5.74, 6) is -2.03. The highest BCUT2D eigenvalue weighted by Gasteiger charge is 2.47. The second kappa shape index (κ2) is 3.63. The molecule has 12 heavy (non-hydrogen) atoms. The Kier molecular flexibility index (Phi) is 2.97. The second-order valence-corrected chi connectivity index (χ2v) is 2.77. The number of hydrogen-bond acceptors (Lipinski definition) is 5. The van der Waals surface area contributed by atoms with Crippen LogP contribution in [0, 0.1) is 0 Å². The largest absolute Gasteiger partial charge is 0.394 e. The topological polar surface area (TPSA) is 79.2 Å². The second-order valence-electron chi connectivity index (χ2n) is 2.77. The number of rotatable bonds is 3. The molecule has 5 nitrogen and oxygen atoms in total. The molecule has 0 radical (unpaired) electrons. The molecule has 0 amide bonds. The molecule has 0 bridgehead atoms. The summed E-state index contributed by atoms with van der Waals surface area (Å²) < 4.78 is 16.1. The van der Waals surface area contributed by atoms with Gasteiger partial charge in [-0.25, -0.2) is 0 Å². The van der Waals surface area contributed by atoms with E-state index in [9.17, 15) is 9.63 Å². The van der Waals surface area contributed by atoms with E-state index in [1.807, 2.05) is 0 Å². The van der Waals surface area contributed by atoms with Gasteiger partial charge < -0.3 is 20.1 Å². The van der Waals surface area contributed by atoms with Crippen molar-refractivity contribution in [2.75, 3.05) is 13.2 Å². The standard InChI is InChI=1S/C6H11FO5/c7-11-3-6(10)5(9)1-4(2-8)12-6/h4-5,8-10H,1-3H2. The summed E-state index contributed by atoms with van der Waals surface area (Å²) in [4.78, 5) is 3.18. The quantitative estimate of drug-likeness (QED) is 0.506. The molecule has 0 aromatic carbocycles. The van der Waals surface area contributed by atoms with Gasteiger partial charge in [0.05, 0.1) is 12.7 Å². The highest BCUT2D eigenvalue weighted by molar-refractivity contribution is 4.87. The minimum Gasteiger partial charge on any atom is -0.394 e. The van der Waals surface area contributed by atoms with Gasteiger partial charge in [0.15, 0.2) is 0 Å². The first kappa shape index (κ1) is 9.82. The van der Waals surface area contributed by atoms with Gasteiger partial charge in [0.1, 0.15) is 12.7 Å². The summed E-state index contributed by atoms with van der Waals surface area (Å²) in [7, 11) is 0. The lowest BCUT2D eigenvalue weighted by Crippen LogP contribution is -2.43. The van der Waals surface area contributed by atoms with Crippen molar-refractivity contribution in [3.8, 4) is 0 Å². The molecule has 0 aromatic heterocycles. The summed E-state index contributed by atoms with van der Waals surface area (Å²) in [5.41, 5.74) is 0. The zero-order chi connectivity index (χ0) is 9.19. The molecule has 1 rings (SSSR count). The van der Waals surface area contributed by atoms with Crippen LogP contribution in [0.1, 0.15) is 6.42 Å². The molecule has 0 spiro atoms. The highest BCUT2D eigenvalue weighted by atomic mass is 19.3. The number of halogens is 1. The molecule has 0 saturated carbocycles. The first-order chi connectivity index (χ1) is 5.62. The van der Waals surface area contributed by atoms with E-state index < -0.39 is 24.6 Å². The molecule has 3 unspecified atom stereocenters. The van der Waals surface area contributed by atoms with Gasteiger partial charge >= 0.3 is 0 Å². The summed E-state index contributed by atoms with van der Waals surface area (Å²) in [6.07, 6.45) is -1.83. The smallest absolute Gasteiger partial charge is 0.220 e. The molecular formula is C6H11FO5. The Labute approximate surface area is 68.2 Å². The molecule has 0 aromatic rings. The van der Waals surface area contributed by atoms with Crippen molar-refractivity contribution in [3.63, 3.8) is 0 Å². The zero-order valence-electron chi connectivity index (χ0n) is 6.31. The summed E-state index contributed by atoms with van der Waals surface area (Å²) >= 11 is 0. The van der Waals surface area contributed by atoms with Crippen LogP contribution in [0.15, 0.2) is 0 Å². The summed E-state index contributed by atoms with van der Waals surface area (Å²) in [6, 6.07) is 0. The highest BCUT2D eigenvalue weighted by Crippen LogP contribution is 2.28. The van der Waals surface area contributed by atoms with Crippen molar-refractivity contribution in [3.05, 3.63) is 0 Å². The molecular weight excluding hydrogens is 171 g/mol. The average Bonchev–Trinajstić information content (AvgIpc) is 2.29. The van der Waals surface area contributed by atoms with Crippen LogP contribution in [0.25, 0.3) is 0 Å². The Hall–Kier alpha value is -0.270. The van der Waals surface area contributed by atoms with Gasteiger partial charge in [0, 0.05) is 6.42 Å². The van der Waals surface area contributed by atoms with Crippen LogP contribution in [0.5, 0.6) is 0 Å². The predicted octanol–water partition coefficient (Wildman–Crippen LogP) is -1.28. The van der Waals surface area contributed by atoms with Gasteiger partial charge in [-0.05, 0) is 4.53 Å². The van der Waals surface area contributed by atoms with Crippen molar-refractivity contribution in [1.29, 1.82) is 0 Å². The van der Waals surface area contributed by atoms with Crippen molar-refractivity contribution in [2.45, 2.75) is 24.4 Å². The normalized spacial score (nSPS) is 42.0. The average molecular weight is 182 g/mol. The van der Waals surface area contributed by atoms with E-state index in [0.29, 0.717) is 0 Å². The lowest BCUT2D eigenvalue weighted by molar-refractivity contribution is -0.293. The van der Waals surface area contributed by atoms with Crippen molar-refractivity contribution in [2.24, 2.45) is 0 Å². The minimum absolute atomic E-state index is 0.0658. The van der Waals surface area contributed by atoms with E-state index in [2.05, 4.69) is 4.94 Å². The van der Waals surface area contributed by atoms with Crippen molar-refractivity contribution in [1.82, 2.24) is 0 Å². The Morgan fingerprint density at radius 3 is 2.75 bits per heavy atom. The Balaban J connectivity index is 2.54. The first-order valence-corrected chi connectivity index (χ1v) is 3.55. The maximum Gasteiger partial charge on any atom is 0.220 e. The Morgan fingerprint density at radius 1 is 1.67 bits per heavy atom. The first-order valence-electron chi connectivity index (χ1n) is 3.55. The lowest BCUT2D eigenvalue weighted by Gasteiger charge is -2.23. The maximum atomic E-state index is 11.4. The van der Waals surface area contributed by atoms with E-state index in [-0.39, 0.29) is 13.0 Å². The van der Waals surface area contributed by atoms with Crippen molar-refractivity contribution < 1.29 is 29.5 Å². The minimum atomic E-state index is -2.03. The van der Waals surface area contributed by atoms with Crippen molar-refractivity contribution >= 4 is 0 Å². The van der Waals surface area contributed by atoms with E-state index in [0.717, 1.165) is 0 Å². The molecule has 3 N–H and O–H groups in total. The number of aliphatic hydroxyl groups is 3. The fraction of sp³-hybridized carbons (Fsp3) is 1.00. The molecule has 6 heteroatoms. The predicted molar refractivity (Wildman–Crippen MR) is 34.6 cm³/mol. The van der Waals surface area contributed by atoms with Gasteiger partial charge in [0.2, 0.25) is 5.79 Å². The molecule has 1 heterocycles. The summed E-state index contributed by atoms with van der Waals surface area (Å²) in [5, 5.41) is 27.1. The Bertz CT molecular complexity index is 155. The maximum absolute atomic E-state index is 11.4. The zero-order valence-corrected chi connectivity index (χ0v) is 6.31. The number of aliphatic hydroxyl groups excluding tert-OH is 2. The van der Waals surface area contributed by atoms with E-state index in [1.54, 1.807) is 0 Å². The lowest BCUT2D eigenvalue weighted by atomic mass is 10.1. The fourth-order valence-corrected chi connectivity index (χ4v) is 1.17. The molecule has 1 aliphatic heterocycles. The molecule has 72 valence electrons. The third kappa shape index (κ3) is 1.73. The van der Waals surface area contributed by atoms with Gasteiger partial charge in [-0.15, -0.1) is 0 Å².